The number of ether oxygens (including phenoxy) is 1. The van der Waals surface area contributed by atoms with Crippen LogP contribution in [-0.2, 0) is 20.9 Å². The van der Waals surface area contributed by atoms with E-state index in [-0.39, 0.29) is 6.04 Å². The zero-order valence-electron chi connectivity index (χ0n) is 17.5. The third kappa shape index (κ3) is 7.36. The third-order valence-electron chi connectivity index (χ3n) is 5.16. The number of nitrogens with one attached hydrogen (secondary N) is 2. The molecule has 2 aromatic rings. The van der Waals surface area contributed by atoms with Crippen molar-refractivity contribution in [2.45, 2.75) is 45.2 Å². The summed E-state index contributed by atoms with van der Waals surface area (Å²) in [7, 11) is 0. The van der Waals surface area contributed by atoms with E-state index >= 15 is 0 Å². The molecule has 0 aliphatic heterocycles. The lowest BCUT2D eigenvalue weighted by molar-refractivity contribution is -0.143. The molecule has 1 aliphatic carbocycles. The number of carbonyl (C=O) groups is 3. The lowest BCUT2D eigenvalue weighted by Gasteiger charge is -2.29. The van der Waals surface area contributed by atoms with E-state index in [1.165, 1.54) is 6.08 Å². The van der Waals surface area contributed by atoms with Crippen molar-refractivity contribution in [2.24, 2.45) is 5.92 Å². The molecule has 1 saturated carbocycles. The van der Waals surface area contributed by atoms with Gasteiger partial charge >= 0.3 is 12.0 Å². The van der Waals surface area contributed by atoms with Gasteiger partial charge in [-0.1, -0.05) is 55.3 Å². The molecule has 9 heteroatoms. The molecular formula is C22H27N5O4. The second kappa shape index (κ2) is 11.1. The first-order chi connectivity index (χ1) is 15.0. The zero-order chi connectivity index (χ0) is 22.1. The molecule has 0 spiro atoms. The fraction of sp³-hybridized carbons (Fsp3) is 0.409. The molecule has 2 atom stereocenters. The Kier molecular flexibility index (Phi) is 7.91. The Morgan fingerprint density at radius 3 is 2.74 bits per heavy atom. The van der Waals surface area contributed by atoms with Crippen molar-refractivity contribution in [3.05, 3.63) is 53.9 Å². The van der Waals surface area contributed by atoms with Crippen molar-refractivity contribution in [3.8, 4) is 0 Å². The van der Waals surface area contributed by atoms with Gasteiger partial charge in [0, 0.05) is 12.1 Å². The number of nitrogens with zero attached hydrogens (tertiary/aromatic N) is 3. The molecule has 0 unspecified atom stereocenters. The largest absolute Gasteiger partial charge is 0.452 e. The highest BCUT2D eigenvalue weighted by molar-refractivity contribution is 5.96. The molecular weight excluding hydrogens is 398 g/mol. The molecule has 1 aromatic heterocycles. The number of benzene rings is 1. The average molecular weight is 425 g/mol. The summed E-state index contributed by atoms with van der Waals surface area (Å²) in [5.74, 6) is -1.02. The third-order valence-corrected chi connectivity index (χ3v) is 5.16. The minimum absolute atomic E-state index is 0.0577. The second-order valence-corrected chi connectivity index (χ2v) is 7.66. The molecule has 9 nitrogen and oxygen atoms in total. The van der Waals surface area contributed by atoms with Crippen LogP contribution in [0.5, 0.6) is 0 Å². The van der Waals surface area contributed by atoms with Crippen LogP contribution in [0.15, 0.2) is 42.6 Å². The highest BCUT2D eigenvalue weighted by Gasteiger charge is 2.23. The number of amides is 3. The summed E-state index contributed by atoms with van der Waals surface area (Å²) in [6, 6.07) is 9.28. The predicted octanol–water partition coefficient (Wildman–Crippen LogP) is 2.29. The van der Waals surface area contributed by atoms with Crippen LogP contribution in [0.1, 0.15) is 43.9 Å². The molecule has 1 heterocycles. The summed E-state index contributed by atoms with van der Waals surface area (Å²) in [6.45, 7) is 2.10. The van der Waals surface area contributed by atoms with E-state index in [4.69, 9.17) is 4.74 Å². The van der Waals surface area contributed by atoms with Gasteiger partial charge < -0.3 is 10.1 Å². The Morgan fingerprint density at radius 1 is 1.19 bits per heavy atom. The van der Waals surface area contributed by atoms with Crippen LogP contribution in [0.3, 0.4) is 0 Å². The normalized spacial score (nSPS) is 18.5. The second-order valence-electron chi connectivity index (χ2n) is 7.66. The Bertz CT molecular complexity index is 925. The number of aromatic nitrogens is 3. The number of urea groups is 1. The SMILES string of the molecule is C[C@H]1CCCC[C@@H]1NC(=O)NC(=O)COC(=O)/C=C/c1cn(Cc2ccccc2)nn1. The first kappa shape index (κ1) is 22.2. The number of carbonyl (C=O) groups excluding carboxylic acids is 3. The first-order valence-corrected chi connectivity index (χ1v) is 10.4. The maximum absolute atomic E-state index is 11.9. The minimum atomic E-state index is -0.714. The van der Waals surface area contributed by atoms with Gasteiger partial charge in [0.25, 0.3) is 5.91 Å². The van der Waals surface area contributed by atoms with Crippen LogP contribution >= 0.6 is 0 Å². The average Bonchev–Trinajstić information content (AvgIpc) is 3.20. The molecule has 0 radical (unpaired) electrons. The number of esters is 1. The molecule has 164 valence electrons. The van der Waals surface area contributed by atoms with Crippen LogP contribution < -0.4 is 10.6 Å². The summed E-state index contributed by atoms with van der Waals surface area (Å²) in [6.07, 6.45) is 8.49. The quantitative estimate of drug-likeness (QED) is 0.519. The number of hydrogen-bond donors (Lipinski definition) is 2. The van der Waals surface area contributed by atoms with Gasteiger partial charge in [-0.2, -0.15) is 0 Å². The van der Waals surface area contributed by atoms with Crippen molar-refractivity contribution in [3.63, 3.8) is 0 Å². The molecule has 31 heavy (non-hydrogen) atoms. The summed E-state index contributed by atoms with van der Waals surface area (Å²) < 4.78 is 6.52. The molecule has 3 amide bonds. The van der Waals surface area contributed by atoms with E-state index in [0.717, 1.165) is 37.3 Å². The molecule has 1 aromatic carbocycles. The lowest BCUT2D eigenvalue weighted by Crippen LogP contribution is -2.48. The van der Waals surface area contributed by atoms with E-state index in [9.17, 15) is 14.4 Å². The van der Waals surface area contributed by atoms with Gasteiger partial charge in [0.05, 0.1) is 12.7 Å². The molecule has 2 N–H and O–H groups in total. The summed E-state index contributed by atoms with van der Waals surface area (Å²) in [5, 5.41) is 13.0. The molecule has 1 fully saturated rings. The van der Waals surface area contributed by atoms with Crippen molar-refractivity contribution < 1.29 is 19.1 Å². The van der Waals surface area contributed by atoms with E-state index in [1.807, 2.05) is 30.3 Å². The number of hydrogen-bond acceptors (Lipinski definition) is 6. The predicted molar refractivity (Wildman–Crippen MR) is 114 cm³/mol. The Balaban J connectivity index is 1.38. The molecule has 3 rings (SSSR count). The monoisotopic (exact) mass is 425 g/mol. The van der Waals surface area contributed by atoms with Gasteiger partial charge in [-0.05, 0) is 30.4 Å². The fourth-order valence-electron chi connectivity index (χ4n) is 3.47. The van der Waals surface area contributed by atoms with Gasteiger partial charge in [-0.25, -0.2) is 14.3 Å². The highest BCUT2D eigenvalue weighted by Crippen LogP contribution is 2.23. The van der Waals surface area contributed by atoms with Crippen LogP contribution in [-0.4, -0.2) is 45.6 Å². The van der Waals surface area contributed by atoms with E-state index in [0.29, 0.717) is 18.2 Å². The topological polar surface area (TPSA) is 115 Å². The Hall–Kier alpha value is -3.49. The smallest absolute Gasteiger partial charge is 0.331 e. The summed E-state index contributed by atoms with van der Waals surface area (Å²) in [4.78, 5) is 35.6. The Morgan fingerprint density at radius 2 is 1.97 bits per heavy atom. The zero-order valence-corrected chi connectivity index (χ0v) is 17.5. The molecule has 0 saturated heterocycles. The van der Waals surface area contributed by atoms with E-state index < -0.39 is 24.5 Å². The van der Waals surface area contributed by atoms with Gasteiger partial charge in [0.15, 0.2) is 6.61 Å². The Labute approximate surface area is 180 Å². The molecule has 0 bridgehead atoms. The maximum atomic E-state index is 11.9. The molecule has 1 aliphatic rings. The van der Waals surface area contributed by atoms with Gasteiger partial charge in [0.1, 0.15) is 5.69 Å². The standard InChI is InChI=1S/C22H27N5O4/c1-16-7-5-6-10-19(16)23-22(30)24-20(28)15-31-21(29)12-11-18-14-27(26-25-18)13-17-8-3-2-4-9-17/h2-4,8-9,11-12,14,16,19H,5-7,10,13,15H2,1H3,(H2,23,24,28,30)/b12-11+/t16-,19-/m0/s1. The summed E-state index contributed by atoms with van der Waals surface area (Å²) in [5.41, 5.74) is 1.56. The maximum Gasteiger partial charge on any atom is 0.331 e. The fourth-order valence-corrected chi connectivity index (χ4v) is 3.47. The van der Waals surface area contributed by atoms with Gasteiger partial charge in [-0.3, -0.25) is 10.1 Å². The minimum Gasteiger partial charge on any atom is -0.452 e. The highest BCUT2D eigenvalue weighted by atomic mass is 16.5. The van der Waals surface area contributed by atoms with Crippen LogP contribution in [0.4, 0.5) is 4.79 Å². The van der Waals surface area contributed by atoms with Gasteiger partial charge in [0.2, 0.25) is 0 Å². The van der Waals surface area contributed by atoms with Crippen molar-refractivity contribution in [1.82, 2.24) is 25.6 Å². The van der Waals surface area contributed by atoms with Gasteiger partial charge in [-0.15, -0.1) is 5.10 Å². The number of imide groups is 1. The first-order valence-electron chi connectivity index (χ1n) is 10.4. The van der Waals surface area contributed by atoms with E-state index in [2.05, 4.69) is 27.9 Å². The summed E-state index contributed by atoms with van der Waals surface area (Å²) >= 11 is 0. The van der Waals surface area contributed by atoms with Crippen molar-refractivity contribution in [1.29, 1.82) is 0 Å². The number of rotatable bonds is 7. The van der Waals surface area contributed by atoms with Crippen LogP contribution in [0.25, 0.3) is 6.08 Å². The van der Waals surface area contributed by atoms with E-state index in [1.54, 1.807) is 10.9 Å². The van der Waals surface area contributed by atoms with Crippen molar-refractivity contribution >= 4 is 24.0 Å². The van der Waals surface area contributed by atoms with Crippen LogP contribution in [0, 0.1) is 5.92 Å². The van der Waals surface area contributed by atoms with Crippen molar-refractivity contribution in [2.75, 3.05) is 6.61 Å². The lowest BCUT2D eigenvalue weighted by atomic mass is 9.86. The van der Waals surface area contributed by atoms with Crippen LogP contribution in [0.2, 0.25) is 0 Å².